The van der Waals surface area contributed by atoms with Gasteiger partial charge in [-0.05, 0) is 49.6 Å². The van der Waals surface area contributed by atoms with Crippen molar-refractivity contribution in [3.63, 3.8) is 0 Å². The fourth-order valence-corrected chi connectivity index (χ4v) is 3.14. The monoisotopic (exact) mass is 282 g/mol. The molecule has 0 saturated carbocycles. The van der Waals surface area contributed by atoms with Crippen molar-refractivity contribution in [1.29, 1.82) is 0 Å². The molecule has 1 fully saturated rings. The highest BCUT2D eigenvalue weighted by Crippen LogP contribution is 2.12. The lowest BCUT2D eigenvalue weighted by Crippen LogP contribution is -2.53. The summed E-state index contributed by atoms with van der Waals surface area (Å²) in [6.07, 6.45) is 1.10. The molecule has 1 N–H and O–H groups in total. The number of morpholine rings is 1. The molecule has 1 saturated heterocycles. The molecule has 0 spiro atoms. The summed E-state index contributed by atoms with van der Waals surface area (Å²) in [7, 11) is 0. The number of urea groups is 1. The SMILES string of the molecule is C[C@H](Cc1ccsc1)NC(=O)N1C[C@@H](C)O[C@@H](C)C1. The van der Waals surface area contributed by atoms with E-state index in [-0.39, 0.29) is 24.3 Å². The smallest absolute Gasteiger partial charge is 0.317 e. The first-order valence-electron chi connectivity index (χ1n) is 6.76. The third-order valence-corrected chi connectivity index (χ3v) is 3.93. The minimum absolute atomic E-state index is 0.0183. The molecule has 1 aliphatic rings. The van der Waals surface area contributed by atoms with Crippen LogP contribution in [0.5, 0.6) is 0 Å². The van der Waals surface area contributed by atoms with E-state index in [0.29, 0.717) is 13.1 Å². The van der Waals surface area contributed by atoms with Gasteiger partial charge in [-0.2, -0.15) is 11.3 Å². The molecule has 0 unspecified atom stereocenters. The highest BCUT2D eigenvalue weighted by Gasteiger charge is 2.26. The number of rotatable bonds is 3. The molecule has 2 rings (SSSR count). The zero-order valence-electron chi connectivity index (χ0n) is 11.8. The molecule has 2 heterocycles. The highest BCUT2D eigenvalue weighted by molar-refractivity contribution is 7.07. The zero-order valence-corrected chi connectivity index (χ0v) is 12.6. The highest BCUT2D eigenvalue weighted by atomic mass is 32.1. The first kappa shape index (κ1) is 14.3. The zero-order chi connectivity index (χ0) is 13.8. The average molecular weight is 282 g/mol. The molecule has 4 nitrogen and oxygen atoms in total. The summed E-state index contributed by atoms with van der Waals surface area (Å²) in [5.74, 6) is 0. The molecule has 1 aromatic rings. The lowest BCUT2D eigenvalue weighted by atomic mass is 10.1. The second-order valence-corrected chi connectivity index (χ2v) is 6.13. The molecule has 19 heavy (non-hydrogen) atoms. The minimum atomic E-state index is 0.0183. The van der Waals surface area contributed by atoms with Crippen LogP contribution in [0.15, 0.2) is 16.8 Å². The molecular weight excluding hydrogens is 260 g/mol. The summed E-state index contributed by atoms with van der Waals surface area (Å²) < 4.78 is 5.64. The predicted molar refractivity (Wildman–Crippen MR) is 77.6 cm³/mol. The number of amides is 2. The first-order chi connectivity index (χ1) is 9.04. The van der Waals surface area contributed by atoms with Crippen molar-refractivity contribution in [2.45, 2.75) is 45.4 Å². The molecule has 0 radical (unpaired) electrons. The van der Waals surface area contributed by atoms with Crippen molar-refractivity contribution in [2.24, 2.45) is 0 Å². The largest absolute Gasteiger partial charge is 0.372 e. The van der Waals surface area contributed by atoms with E-state index in [1.165, 1.54) is 5.56 Å². The third-order valence-electron chi connectivity index (χ3n) is 3.20. The van der Waals surface area contributed by atoms with E-state index in [1.54, 1.807) is 11.3 Å². The van der Waals surface area contributed by atoms with E-state index in [2.05, 4.69) is 22.1 Å². The number of hydrogen-bond donors (Lipinski definition) is 1. The van der Waals surface area contributed by atoms with Crippen molar-refractivity contribution in [2.75, 3.05) is 13.1 Å². The van der Waals surface area contributed by atoms with Gasteiger partial charge in [-0.15, -0.1) is 0 Å². The Morgan fingerprint density at radius 2 is 2.21 bits per heavy atom. The van der Waals surface area contributed by atoms with Crippen LogP contribution in [0.2, 0.25) is 0 Å². The quantitative estimate of drug-likeness (QED) is 0.925. The second kappa shape index (κ2) is 6.39. The summed E-state index contributed by atoms with van der Waals surface area (Å²) >= 11 is 1.69. The van der Waals surface area contributed by atoms with E-state index < -0.39 is 0 Å². The van der Waals surface area contributed by atoms with E-state index in [1.807, 2.05) is 25.7 Å². The van der Waals surface area contributed by atoms with Crippen LogP contribution < -0.4 is 5.32 Å². The number of ether oxygens (including phenoxy) is 1. The molecule has 1 aliphatic heterocycles. The minimum Gasteiger partial charge on any atom is -0.372 e. The Hall–Kier alpha value is -1.07. The molecule has 0 aromatic carbocycles. The maximum absolute atomic E-state index is 12.2. The van der Waals surface area contributed by atoms with E-state index in [4.69, 9.17) is 4.74 Å². The number of carbonyl (C=O) groups is 1. The summed E-state index contributed by atoms with van der Waals surface area (Å²) in [6.45, 7) is 7.39. The molecule has 2 amide bonds. The van der Waals surface area contributed by atoms with Gasteiger partial charge in [0.05, 0.1) is 12.2 Å². The normalized spacial score (nSPS) is 25.1. The van der Waals surface area contributed by atoms with Crippen LogP contribution >= 0.6 is 11.3 Å². The molecule has 0 bridgehead atoms. The standard InChI is InChI=1S/C14H22N2O2S/c1-10(6-13-4-5-19-9-13)15-14(17)16-7-11(2)18-12(3)8-16/h4-5,9-12H,6-8H2,1-3H3,(H,15,17)/t10-,11-,12+/m1/s1. The molecule has 5 heteroatoms. The van der Waals surface area contributed by atoms with Gasteiger partial charge in [-0.3, -0.25) is 0 Å². The van der Waals surface area contributed by atoms with Gasteiger partial charge in [0.1, 0.15) is 0 Å². The van der Waals surface area contributed by atoms with Crippen molar-refractivity contribution in [1.82, 2.24) is 10.2 Å². The van der Waals surface area contributed by atoms with Gasteiger partial charge >= 0.3 is 6.03 Å². The fourth-order valence-electron chi connectivity index (χ4n) is 2.46. The Bertz CT molecular complexity index is 398. The number of thiophene rings is 1. The average Bonchev–Trinajstić information content (AvgIpc) is 2.80. The molecular formula is C14H22N2O2S. The number of carbonyl (C=O) groups excluding carboxylic acids is 1. The van der Waals surface area contributed by atoms with Crippen LogP contribution in [0.3, 0.4) is 0 Å². The van der Waals surface area contributed by atoms with Crippen molar-refractivity contribution < 1.29 is 9.53 Å². The van der Waals surface area contributed by atoms with Gasteiger partial charge in [0.2, 0.25) is 0 Å². The Kier molecular flexibility index (Phi) is 4.82. The van der Waals surface area contributed by atoms with Gasteiger partial charge < -0.3 is 15.0 Å². The number of nitrogens with zero attached hydrogens (tertiary/aromatic N) is 1. The van der Waals surface area contributed by atoms with Gasteiger partial charge in [0.25, 0.3) is 0 Å². The molecule has 3 atom stereocenters. The van der Waals surface area contributed by atoms with Crippen molar-refractivity contribution in [3.05, 3.63) is 22.4 Å². The topological polar surface area (TPSA) is 41.6 Å². The van der Waals surface area contributed by atoms with Gasteiger partial charge in [-0.1, -0.05) is 0 Å². The summed E-state index contributed by atoms with van der Waals surface area (Å²) in [5.41, 5.74) is 1.28. The van der Waals surface area contributed by atoms with Crippen LogP contribution in [0.25, 0.3) is 0 Å². The molecule has 106 valence electrons. The van der Waals surface area contributed by atoms with Crippen LogP contribution in [-0.4, -0.2) is 42.3 Å². The summed E-state index contributed by atoms with van der Waals surface area (Å²) in [4.78, 5) is 14.0. The van der Waals surface area contributed by atoms with Gasteiger partial charge in [0.15, 0.2) is 0 Å². The van der Waals surface area contributed by atoms with Gasteiger partial charge in [-0.25, -0.2) is 4.79 Å². The lowest BCUT2D eigenvalue weighted by molar-refractivity contribution is -0.0547. The lowest BCUT2D eigenvalue weighted by Gasteiger charge is -2.35. The predicted octanol–water partition coefficient (Wildman–Crippen LogP) is 2.50. The maximum Gasteiger partial charge on any atom is 0.317 e. The number of nitrogens with one attached hydrogen (secondary N) is 1. The second-order valence-electron chi connectivity index (χ2n) is 5.35. The summed E-state index contributed by atoms with van der Waals surface area (Å²) in [6, 6.07) is 2.27. The Labute approximate surface area is 118 Å². The first-order valence-corrected chi connectivity index (χ1v) is 7.71. The van der Waals surface area contributed by atoms with Gasteiger partial charge in [0, 0.05) is 19.1 Å². The van der Waals surface area contributed by atoms with E-state index in [9.17, 15) is 4.79 Å². The summed E-state index contributed by atoms with van der Waals surface area (Å²) in [5, 5.41) is 7.26. The molecule has 0 aliphatic carbocycles. The van der Waals surface area contributed by atoms with E-state index in [0.717, 1.165) is 6.42 Å². The Morgan fingerprint density at radius 3 is 2.79 bits per heavy atom. The Balaban J connectivity index is 1.82. The van der Waals surface area contributed by atoms with Crippen LogP contribution in [0.1, 0.15) is 26.3 Å². The maximum atomic E-state index is 12.2. The van der Waals surface area contributed by atoms with E-state index >= 15 is 0 Å². The van der Waals surface area contributed by atoms with Crippen LogP contribution in [0.4, 0.5) is 4.79 Å². The number of hydrogen-bond acceptors (Lipinski definition) is 3. The molecule has 1 aromatic heterocycles. The third kappa shape index (κ3) is 4.21. The van der Waals surface area contributed by atoms with Crippen LogP contribution in [-0.2, 0) is 11.2 Å². The fraction of sp³-hybridized carbons (Fsp3) is 0.643. The van der Waals surface area contributed by atoms with Crippen molar-refractivity contribution in [3.8, 4) is 0 Å². The van der Waals surface area contributed by atoms with Crippen LogP contribution in [0, 0.1) is 0 Å². The van der Waals surface area contributed by atoms with Crippen molar-refractivity contribution >= 4 is 17.4 Å². The Morgan fingerprint density at radius 1 is 1.53 bits per heavy atom.